The van der Waals surface area contributed by atoms with Gasteiger partial charge in [-0.05, 0) is 37.1 Å². The molecule has 0 aliphatic heterocycles. The Morgan fingerprint density at radius 3 is 1.87 bits per heavy atom. The van der Waals surface area contributed by atoms with Gasteiger partial charge in [0, 0.05) is 20.0 Å². The van der Waals surface area contributed by atoms with Crippen LogP contribution in [-0.2, 0) is 14.3 Å². The molecule has 0 saturated heterocycles. The summed E-state index contributed by atoms with van der Waals surface area (Å²) < 4.78 is 5.49. The van der Waals surface area contributed by atoms with Crippen molar-refractivity contribution >= 4 is 11.6 Å². The minimum Gasteiger partial charge on any atom is -0.393 e. The van der Waals surface area contributed by atoms with Gasteiger partial charge in [0.2, 0.25) is 0 Å². The molecule has 1 unspecified atom stereocenters. The zero-order valence-electron chi connectivity index (χ0n) is 20.1. The van der Waals surface area contributed by atoms with Crippen molar-refractivity contribution in [2.75, 3.05) is 7.11 Å². The second kappa shape index (κ2) is 17.3. The number of hydrogen-bond acceptors (Lipinski definition) is 4. The van der Waals surface area contributed by atoms with Crippen LogP contribution >= 0.6 is 0 Å². The molecule has 1 N–H and O–H groups in total. The number of aliphatic hydroxyl groups excluding tert-OH is 1. The maximum absolute atomic E-state index is 12.2. The van der Waals surface area contributed by atoms with E-state index >= 15 is 0 Å². The predicted octanol–water partition coefficient (Wildman–Crippen LogP) is 6.65. The lowest BCUT2D eigenvalue weighted by atomic mass is 9.90. The van der Waals surface area contributed by atoms with E-state index in [2.05, 4.69) is 6.92 Å². The molecule has 1 aliphatic carbocycles. The fourth-order valence-corrected chi connectivity index (χ4v) is 4.16. The van der Waals surface area contributed by atoms with E-state index in [1.165, 1.54) is 82.8 Å². The fourth-order valence-electron chi connectivity index (χ4n) is 4.16. The topological polar surface area (TPSA) is 63.6 Å². The molecule has 1 aliphatic rings. The summed E-state index contributed by atoms with van der Waals surface area (Å²) in [6, 6.07) is 0. The number of allylic oxidation sites excluding steroid dienone is 2. The molecule has 0 saturated carbocycles. The Hall–Kier alpha value is -1.26. The number of hydrogen-bond donors (Lipinski definition) is 1. The highest BCUT2D eigenvalue weighted by Gasteiger charge is 2.27. The summed E-state index contributed by atoms with van der Waals surface area (Å²) in [6.07, 6.45) is 24.6. The van der Waals surface area contributed by atoms with E-state index in [-0.39, 0.29) is 18.0 Å². The lowest BCUT2D eigenvalue weighted by Gasteiger charge is -2.27. The Morgan fingerprint density at radius 1 is 0.903 bits per heavy atom. The van der Waals surface area contributed by atoms with Gasteiger partial charge in [-0.1, -0.05) is 90.4 Å². The number of unbranched alkanes of at least 4 members (excludes halogenated alkanes) is 12. The number of ketones is 2. The molecule has 0 aromatic rings. The molecular formula is C27H46O4. The van der Waals surface area contributed by atoms with Crippen molar-refractivity contribution in [3.05, 3.63) is 24.3 Å². The van der Waals surface area contributed by atoms with Crippen LogP contribution in [-0.4, -0.2) is 35.5 Å². The zero-order chi connectivity index (χ0) is 22.8. The number of ether oxygens (including phenoxy) is 1. The van der Waals surface area contributed by atoms with Crippen LogP contribution in [0.4, 0.5) is 0 Å². The largest absolute Gasteiger partial charge is 0.393 e. The summed E-state index contributed by atoms with van der Waals surface area (Å²) >= 11 is 0. The first kappa shape index (κ1) is 27.8. The molecule has 0 radical (unpaired) electrons. The molecule has 1 rings (SSSR count). The standard InChI is InChI=1S/C27H46O4/c1-3-4-5-6-7-8-9-10-11-12-13-14-15-16-25(29)23-26(30)19-22-27(31-2)20-17-24(28)18-21-27/h17-18,20-21,25,29H,3-16,19,22-23H2,1-2H3. The van der Waals surface area contributed by atoms with Crippen molar-refractivity contribution in [3.8, 4) is 0 Å². The maximum Gasteiger partial charge on any atom is 0.178 e. The molecule has 0 spiro atoms. The average Bonchev–Trinajstić information content (AvgIpc) is 2.77. The van der Waals surface area contributed by atoms with Gasteiger partial charge in [-0.15, -0.1) is 0 Å². The molecule has 178 valence electrons. The van der Waals surface area contributed by atoms with E-state index in [9.17, 15) is 14.7 Å². The van der Waals surface area contributed by atoms with Crippen LogP contribution in [0.1, 0.15) is 116 Å². The van der Waals surface area contributed by atoms with Crippen LogP contribution in [0.25, 0.3) is 0 Å². The first-order valence-electron chi connectivity index (χ1n) is 12.7. The molecule has 0 amide bonds. The van der Waals surface area contributed by atoms with Crippen LogP contribution in [0.15, 0.2) is 24.3 Å². The highest BCUT2D eigenvalue weighted by atomic mass is 16.5. The fraction of sp³-hybridized carbons (Fsp3) is 0.778. The zero-order valence-corrected chi connectivity index (χ0v) is 20.1. The SMILES string of the molecule is CCCCCCCCCCCCCCCC(O)CC(=O)CCC1(OC)C=CC(=O)C=C1. The first-order chi connectivity index (χ1) is 15.0. The number of rotatable bonds is 20. The van der Waals surface area contributed by atoms with Gasteiger partial charge in [-0.3, -0.25) is 9.59 Å². The summed E-state index contributed by atoms with van der Waals surface area (Å²) in [5.74, 6) is -0.00968. The number of carbonyl (C=O) groups excluding carboxylic acids is 2. The van der Waals surface area contributed by atoms with Crippen molar-refractivity contribution in [2.45, 2.75) is 128 Å². The van der Waals surface area contributed by atoms with Gasteiger partial charge >= 0.3 is 0 Å². The molecule has 0 bridgehead atoms. The van der Waals surface area contributed by atoms with Gasteiger partial charge in [0.15, 0.2) is 5.78 Å². The van der Waals surface area contributed by atoms with Gasteiger partial charge < -0.3 is 9.84 Å². The van der Waals surface area contributed by atoms with Crippen molar-refractivity contribution in [1.82, 2.24) is 0 Å². The molecule has 4 heteroatoms. The highest BCUT2D eigenvalue weighted by Crippen LogP contribution is 2.25. The number of carbonyl (C=O) groups is 2. The Kier molecular flexibility index (Phi) is 15.5. The van der Waals surface area contributed by atoms with Gasteiger partial charge in [-0.2, -0.15) is 0 Å². The van der Waals surface area contributed by atoms with Gasteiger partial charge in [0.25, 0.3) is 0 Å². The molecule has 0 heterocycles. The van der Waals surface area contributed by atoms with Crippen LogP contribution in [0.2, 0.25) is 0 Å². The summed E-state index contributed by atoms with van der Waals surface area (Å²) in [4.78, 5) is 23.5. The normalized spacial score (nSPS) is 16.0. The second-order valence-electron chi connectivity index (χ2n) is 9.16. The smallest absolute Gasteiger partial charge is 0.178 e. The first-order valence-corrected chi connectivity index (χ1v) is 12.7. The number of methoxy groups -OCH3 is 1. The highest BCUT2D eigenvalue weighted by molar-refractivity contribution is 6.00. The average molecular weight is 435 g/mol. The van der Waals surface area contributed by atoms with E-state index in [1.54, 1.807) is 19.3 Å². The second-order valence-corrected chi connectivity index (χ2v) is 9.16. The van der Waals surface area contributed by atoms with E-state index in [4.69, 9.17) is 4.74 Å². The number of aliphatic hydroxyl groups is 1. The quantitative estimate of drug-likeness (QED) is 0.218. The Balaban J connectivity index is 1.98. The molecule has 0 fully saturated rings. The van der Waals surface area contributed by atoms with E-state index in [0.29, 0.717) is 19.3 Å². The van der Waals surface area contributed by atoms with E-state index in [1.807, 2.05) is 0 Å². The van der Waals surface area contributed by atoms with Gasteiger partial charge in [0.05, 0.1) is 6.10 Å². The Bertz CT molecular complexity index is 533. The van der Waals surface area contributed by atoms with Crippen molar-refractivity contribution in [1.29, 1.82) is 0 Å². The van der Waals surface area contributed by atoms with Crippen LogP contribution in [0, 0.1) is 0 Å². The molecular weight excluding hydrogens is 388 g/mol. The minimum atomic E-state index is -0.677. The van der Waals surface area contributed by atoms with E-state index < -0.39 is 11.7 Å². The Labute approximate surface area is 190 Å². The van der Waals surface area contributed by atoms with Crippen molar-refractivity contribution in [2.24, 2.45) is 0 Å². The van der Waals surface area contributed by atoms with Crippen molar-refractivity contribution < 1.29 is 19.4 Å². The summed E-state index contributed by atoms with van der Waals surface area (Å²) in [5, 5.41) is 10.2. The van der Waals surface area contributed by atoms with Crippen LogP contribution < -0.4 is 0 Å². The molecule has 0 aromatic heterocycles. The molecule has 31 heavy (non-hydrogen) atoms. The van der Waals surface area contributed by atoms with Crippen LogP contribution in [0.5, 0.6) is 0 Å². The third-order valence-electron chi connectivity index (χ3n) is 6.34. The van der Waals surface area contributed by atoms with Crippen molar-refractivity contribution in [3.63, 3.8) is 0 Å². The summed E-state index contributed by atoms with van der Waals surface area (Å²) in [7, 11) is 1.58. The van der Waals surface area contributed by atoms with Gasteiger partial charge in [-0.25, -0.2) is 0 Å². The van der Waals surface area contributed by atoms with Gasteiger partial charge in [0.1, 0.15) is 11.4 Å². The monoisotopic (exact) mass is 434 g/mol. The number of Topliss-reactive ketones (excluding diaryl/α,β-unsaturated/α-hetero) is 1. The summed E-state index contributed by atoms with van der Waals surface area (Å²) in [6.45, 7) is 2.26. The molecule has 4 nitrogen and oxygen atoms in total. The predicted molar refractivity (Wildman–Crippen MR) is 128 cm³/mol. The van der Waals surface area contributed by atoms with E-state index in [0.717, 1.165) is 12.8 Å². The lowest BCUT2D eigenvalue weighted by molar-refractivity contribution is -0.121. The van der Waals surface area contributed by atoms with Crippen LogP contribution in [0.3, 0.4) is 0 Å². The third-order valence-corrected chi connectivity index (χ3v) is 6.34. The molecule has 0 aromatic carbocycles. The maximum atomic E-state index is 12.2. The Morgan fingerprint density at radius 2 is 1.39 bits per heavy atom. The minimum absolute atomic E-state index is 0.0531. The third kappa shape index (κ3) is 13.7. The molecule has 1 atom stereocenters. The summed E-state index contributed by atoms with van der Waals surface area (Å²) in [5.41, 5.74) is -0.677. The lowest BCUT2D eigenvalue weighted by Crippen LogP contribution is -2.30.